The Hall–Kier alpha value is -3.16. The molecular formula is C26H30N2O4S. The van der Waals surface area contributed by atoms with Gasteiger partial charge in [-0.15, -0.1) is 0 Å². The highest BCUT2D eigenvalue weighted by Gasteiger charge is 2.22. The van der Waals surface area contributed by atoms with Gasteiger partial charge < -0.3 is 10.1 Å². The lowest BCUT2D eigenvalue weighted by atomic mass is 10.0. The summed E-state index contributed by atoms with van der Waals surface area (Å²) in [7, 11) is -1.96. The molecule has 0 spiro atoms. The van der Waals surface area contributed by atoms with E-state index in [1.54, 1.807) is 31.3 Å². The number of para-hydroxylation sites is 1. The van der Waals surface area contributed by atoms with Gasteiger partial charge in [-0.3, -0.25) is 4.79 Å². The van der Waals surface area contributed by atoms with Gasteiger partial charge in [-0.25, -0.2) is 8.42 Å². The number of ether oxygens (including phenoxy) is 1. The third kappa shape index (κ3) is 6.66. The van der Waals surface area contributed by atoms with Crippen molar-refractivity contribution in [1.82, 2.24) is 9.62 Å². The van der Waals surface area contributed by atoms with E-state index in [9.17, 15) is 13.2 Å². The number of rotatable bonds is 10. The lowest BCUT2D eigenvalue weighted by Crippen LogP contribution is -2.33. The summed E-state index contributed by atoms with van der Waals surface area (Å²) in [6, 6.07) is 24.2. The van der Waals surface area contributed by atoms with Crippen LogP contribution in [-0.2, 0) is 27.8 Å². The third-order valence-electron chi connectivity index (χ3n) is 5.39. The number of amides is 1. The summed E-state index contributed by atoms with van der Waals surface area (Å²) in [5, 5.41) is 2.81. The Kier molecular flexibility index (Phi) is 8.25. The van der Waals surface area contributed by atoms with Crippen LogP contribution in [0.15, 0.2) is 83.8 Å². The monoisotopic (exact) mass is 466 g/mol. The second kappa shape index (κ2) is 11.1. The van der Waals surface area contributed by atoms with Gasteiger partial charge in [-0.1, -0.05) is 60.7 Å². The molecule has 0 aliphatic rings. The van der Waals surface area contributed by atoms with Crippen molar-refractivity contribution in [2.45, 2.75) is 37.8 Å². The van der Waals surface area contributed by atoms with Gasteiger partial charge >= 0.3 is 0 Å². The first kappa shape index (κ1) is 24.5. The fourth-order valence-electron chi connectivity index (χ4n) is 3.22. The van der Waals surface area contributed by atoms with Crippen molar-refractivity contribution < 1.29 is 17.9 Å². The molecule has 0 heterocycles. The number of sulfonamides is 1. The van der Waals surface area contributed by atoms with E-state index in [0.717, 1.165) is 17.5 Å². The van der Waals surface area contributed by atoms with E-state index in [1.165, 1.54) is 9.87 Å². The fourth-order valence-corrected chi connectivity index (χ4v) is 4.59. The van der Waals surface area contributed by atoms with Crippen LogP contribution >= 0.6 is 0 Å². The van der Waals surface area contributed by atoms with Crippen molar-refractivity contribution >= 4 is 15.9 Å². The first-order valence-electron chi connectivity index (χ1n) is 10.9. The first-order chi connectivity index (χ1) is 15.8. The third-order valence-corrected chi connectivity index (χ3v) is 7.43. The van der Waals surface area contributed by atoms with E-state index in [0.29, 0.717) is 5.75 Å². The van der Waals surface area contributed by atoms with Crippen LogP contribution in [0.5, 0.6) is 5.75 Å². The minimum atomic E-state index is -3.53. The van der Waals surface area contributed by atoms with Gasteiger partial charge in [0.1, 0.15) is 5.75 Å². The average molecular weight is 467 g/mol. The molecule has 6 nitrogen and oxygen atoms in total. The number of nitrogens with one attached hydrogen (secondary N) is 1. The molecule has 0 atom stereocenters. The molecule has 0 saturated heterocycles. The molecule has 174 valence electrons. The molecular weight excluding hydrogens is 436 g/mol. The molecule has 0 aliphatic heterocycles. The van der Waals surface area contributed by atoms with E-state index >= 15 is 0 Å². The molecule has 0 fully saturated rings. The van der Waals surface area contributed by atoms with Crippen LogP contribution in [0.25, 0.3) is 0 Å². The zero-order valence-corrected chi connectivity index (χ0v) is 20.0. The lowest BCUT2D eigenvalue weighted by Gasteiger charge is -2.21. The normalized spacial score (nSPS) is 11.5. The number of carbonyl (C=O) groups is 1. The van der Waals surface area contributed by atoms with Gasteiger partial charge in [-0.2, -0.15) is 4.31 Å². The number of hydrogen-bond acceptors (Lipinski definition) is 4. The number of nitrogens with zero attached hydrogens (tertiary/aromatic N) is 1. The van der Waals surface area contributed by atoms with Crippen LogP contribution in [0.3, 0.4) is 0 Å². The molecule has 3 aromatic rings. The maximum absolute atomic E-state index is 12.6. The van der Waals surface area contributed by atoms with Crippen LogP contribution in [-0.4, -0.2) is 38.3 Å². The summed E-state index contributed by atoms with van der Waals surface area (Å²) < 4.78 is 32.2. The second-order valence-electron chi connectivity index (χ2n) is 8.09. The summed E-state index contributed by atoms with van der Waals surface area (Å²) in [6.07, 6.45) is 0.722. The second-order valence-corrected chi connectivity index (χ2v) is 10.1. The van der Waals surface area contributed by atoms with Crippen molar-refractivity contribution in [3.8, 4) is 5.75 Å². The molecule has 0 aromatic heterocycles. The molecule has 0 saturated carbocycles. The standard InChI is InChI=1S/C26H30N2O4S/c1-20(2)28(3)33(30,31)24-15-13-22(14-16-24)18-27-26(29)19-32-25-12-8-7-11-23(25)17-21-9-5-4-6-10-21/h4-16,20H,17-19H2,1-3H3,(H,27,29). The fraction of sp³-hybridized carbons (Fsp3) is 0.269. The molecule has 0 unspecified atom stereocenters. The van der Waals surface area contributed by atoms with Crippen LogP contribution in [0, 0.1) is 0 Å². The van der Waals surface area contributed by atoms with E-state index in [4.69, 9.17) is 4.74 Å². The molecule has 1 N–H and O–H groups in total. The highest BCUT2D eigenvalue weighted by molar-refractivity contribution is 7.89. The number of hydrogen-bond donors (Lipinski definition) is 1. The Balaban J connectivity index is 1.53. The molecule has 7 heteroatoms. The topological polar surface area (TPSA) is 75.7 Å². The molecule has 3 rings (SSSR count). The summed E-state index contributed by atoms with van der Waals surface area (Å²) >= 11 is 0. The van der Waals surface area contributed by atoms with Crippen molar-refractivity contribution in [3.05, 3.63) is 95.6 Å². The smallest absolute Gasteiger partial charge is 0.258 e. The van der Waals surface area contributed by atoms with Crippen molar-refractivity contribution in [1.29, 1.82) is 0 Å². The Labute approximate surface area is 196 Å². The molecule has 33 heavy (non-hydrogen) atoms. The van der Waals surface area contributed by atoms with Gasteiger partial charge in [0.2, 0.25) is 10.0 Å². The van der Waals surface area contributed by atoms with Crippen molar-refractivity contribution in [3.63, 3.8) is 0 Å². The zero-order chi connectivity index (χ0) is 23.8. The van der Waals surface area contributed by atoms with E-state index in [2.05, 4.69) is 17.4 Å². The predicted octanol–water partition coefficient (Wildman–Crippen LogP) is 4.00. The Bertz CT molecular complexity index is 1160. The van der Waals surface area contributed by atoms with Crippen molar-refractivity contribution in [2.24, 2.45) is 0 Å². The average Bonchev–Trinajstić information content (AvgIpc) is 2.82. The summed E-state index contributed by atoms with van der Waals surface area (Å²) in [6.45, 7) is 3.83. The van der Waals surface area contributed by atoms with Gasteiger partial charge in [0.15, 0.2) is 6.61 Å². The summed E-state index contributed by atoms with van der Waals surface area (Å²) in [4.78, 5) is 12.5. The van der Waals surface area contributed by atoms with E-state index in [-0.39, 0.29) is 30.0 Å². The zero-order valence-electron chi connectivity index (χ0n) is 19.2. The molecule has 0 radical (unpaired) electrons. The van der Waals surface area contributed by atoms with Gasteiger partial charge in [0.25, 0.3) is 5.91 Å². The Morgan fingerprint density at radius 1 is 0.909 bits per heavy atom. The Morgan fingerprint density at radius 3 is 2.21 bits per heavy atom. The molecule has 3 aromatic carbocycles. The summed E-state index contributed by atoms with van der Waals surface area (Å²) in [5.41, 5.74) is 2.99. The van der Waals surface area contributed by atoms with E-state index in [1.807, 2.05) is 56.3 Å². The van der Waals surface area contributed by atoms with Crippen LogP contribution in [0.2, 0.25) is 0 Å². The van der Waals surface area contributed by atoms with Crippen molar-refractivity contribution in [2.75, 3.05) is 13.7 Å². The summed E-state index contributed by atoms with van der Waals surface area (Å²) in [5.74, 6) is 0.432. The molecule has 0 bridgehead atoms. The SMILES string of the molecule is CC(C)N(C)S(=O)(=O)c1ccc(CNC(=O)COc2ccccc2Cc2ccccc2)cc1. The minimum absolute atomic E-state index is 0.0998. The minimum Gasteiger partial charge on any atom is -0.483 e. The van der Waals surface area contributed by atoms with Gasteiger partial charge in [0.05, 0.1) is 4.90 Å². The lowest BCUT2D eigenvalue weighted by molar-refractivity contribution is -0.123. The van der Waals surface area contributed by atoms with E-state index < -0.39 is 10.0 Å². The predicted molar refractivity (Wildman–Crippen MR) is 130 cm³/mol. The maximum Gasteiger partial charge on any atom is 0.258 e. The largest absolute Gasteiger partial charge is 0.483 e. The number of carbonyl (C=O) groups excluding carboxylic acids is 1. The highest BCUT2D eigenvalue weighted by Crippen LogP contribution is 2.21. The van der Waals surface area contributed by atoms with Crippen LogP contribution in [0.4, 0.5) is 0 Å². The Morgan fingerprint density at radius 2 is 1.55 bits per heavy atom. The molecule has 0 aliphatic carbocycles. The van der Waals surface area contributed by atoms with Gasteiger partial charge in [0, 0.05) is 26.1 Å². The van der Waals surface area contributed by atoms with Gasteiger partial charge in [-0.05, 0) is 48.7 Å². The highest BCUT2D eigenvalue weighted by atomic mass is 32.2. The maximum atomic E-state index is 12.6. The quantitative estimate of drug-likeness (QED) is 0.490. The van der Waals surface area contributed by atoms with Crippen LogP contribution in [0.1, 0.15) is 30.5 Å². The number of benzene rings is 3. The first-order valence-corrected chi connectivity index (χ1v) is 12.3. The van der Waals surface area contributed by atoms with Crippen LogP contribution < -0.4 is 10.1 Å². The molecule has 1 amide bonds.